The van der Waals surface area contributed by atoms with Crippen LogP contribution in [0.4, 0.5) is 4.39 Å². The highest BCUT2D eigenvalue weighted by Crippen LogP contribution is 2.22. The number of benzene rings is 1. The molecule has 0 saturated carbocycles. The minimum atomic E-state index is -0.255. The van der Waals surface area contributed by atoms with Gasteiger partial charge in [-0.25, -0.2) is 9.37 Å². The summed E-state index contributed by atoms with van der Waals surface area (Å²) in [6.07, 6.45) is 1.66. The van der Waals surface area contributed by atoms with Crippen molar-refractivity contribution in [2.24, 2.45) is 7.05 Å². The Morgan fingerprint density at radius 2 is 1.95 bits per heavy atom. The number of furan rings is 1. The summed E-state index contributed by atoms with van der Waals surface area (Å²) in [5.41, 5.74) is 0.856. The Balaban J connectivity index is 1.59. The predicted molar refractivity (Wildman–Crippen MR) is 75.6 cm³/mol. The van der Waals surface area contributed by atoms with Crippen LogP contribution >= 0.6 is 0 Å². The Labute approximate surface area is 121 Å². The Morgan fingerprint density at radius 3 is 2.67 bits per heavy atom. The minimum Gasteiger partial charge on any atom is -0.460 e. The molecule has 0 aliphatic rings. The molecule has 108 valence electrons. The lowest BCUT2D eigenvalue weighted by molar-refractivity contribution is 0.490. The highest BCUT2D eigenvalue weighted by Gasteiger charge is 2.05. The highest BCUT2D eigenvalue weighted by molar-refractivity contribution is 5.57. The first-order chi connectivity index (χ1) is 10.2. The molecule has 3 aromatic rings. The van der Waals surface area contributed by atoms with Crippen LogP contribution < -0.4 is 5.32 Å². The van der Waals surface area contributed by atoms with Gasteiger partial charge in [0.05, 0.1) is 13.1 Å². The van der Waals surface area contributed by atoms with Gasteiger partial charge in [0, 0.05) is 12.6 Å². The van der Waals surface area contributed by atoms with Gasteiger partial charge in [0.15, 0.2) is 5.82 Å². The molecule has 0 saturated heterocycles. The average Bonchev–Trinajstić information content (AvgIpc) is 3.09. The fourth-order valence-corrected chi connectivity index (χ4v) is 2.00. The van der Waals surface area contributed by atoms with Gasteiger partial charge in [0.25, 0.3) is 0 Å². The molecule has 1 N–H and O–H groups in total. The molecule has 3 rings (SSSR count). The first-order valence-corrected chi connectivity index (χ1v) is 6.60. The number of hydrogen-bond donors (Lipinski definition) is 1. The van der Waals surface area contributed by atoms with Crippen LogP contribution in [0.5, 0.6) is 0 Å². The third kappa shape index (κ3) is 3.35. The average molecular weight is 286 g/mol. The number of halogens is 1. The number of rotatable bonds is 5. The molecule has 21 heavy (non-hydrogen) atoms. The molecular formula is C15H15FN4O. The normalized spacial score (nSPS) is 11.0. The number of hydrogen-bond acceptors (Lipinski definition) is 4. The van der Waals surface area contributed by atoms with Gasteiger partial charge in [-0.05, 0) is 36.4 Å². The lowest BCUT2D eigenvalue weighted by Crippen LogP contribution is -2.13. The Morgan fingerprint density at radius 1 is 1.14 bits per heavy atom. The maximum Gasteiger partial charge on any atom is 0.164 e. The van der Waals surface area contributed by atoms with E-state index in [9.17, 15) is 4.39 Å². The predicted octanol–water partition coefficient (Wildman–Crippen LogP) is 2.50. The van der Waals surface area contributed by atoms with Gasteiger partial charge in [-0.1, -0.05) is 0 Å². The van der Waals surface area contributed by atoms with E-state index in [2.05, 4.69) is 15.4 Å². The summed E-state index contributed by atoms with van der Waals surface area (Å²) in [5.74, 6) is 2.02. The first kappa shape index (κ1) is 13.5. The minimum absolute atomic E-state index is 0.255. The molecule has 0 fully saturated rings. The van der Waals surface area contributed by atoms with Gasteiger partial charge in [0.2, 0.25) is 0 Å². The molecule has 1 aromatic carbocycles. The molecule has 0 aliphatic carbocycles. The highest BCUT2D eigenvalue weighted by atomic mass is 19.1. The molecule has 2 aromatic heterocycles. The van der Waals surface area contributed by atoms with E-state index in [4.69, 9.17) is 4.42 Å². The zero-order valence-corrected chi connectivity index (χ0v) is 11.6. The van der Waals surface area contributed by atoms with Crippen LogP contribution in [-0.2, 0) is 20.1 Å². The second-order valence-electron chi connectivity index (χ2n) is 4.71. The van der Waals surface area contributed by atoms with Crippen molar-refractivity contribution < 1.29 is 8.81 Å². The fourth-order valence-electron chi connectivity index (χ4n) is 2.00. The summed E-state index contributed by atoms with van der Waals surface area (Å²) in [5, 5.41) is 7.39. The van der Waals surface area contributed by atoms with E-state index >= 15 is 0 Å². The maximum absolute atomic E-state index is 12.9. The van der Waals surface area contributed by atoms with Gasteiger partial charge in [-0.15, -0.1) is 0 Å². The van der Waals surface area contributed by atoms with E-state index in [-0.39, 0.29) is 5.82 Å². The quantitative estimate of drug-likeness (QED) is 0.783. The van der Waals surface area contributed by atoms with Gasteiger partial charge < -0.3 is 9.73 Å². The topological polar surface area (TPSA) is 55.9 Å². The molecular weight excluding hydrogens is 271 g/mol. The van der Waals surface area contributed by atoms with Crippen LogP contribution in [0.2, 0.25) is 0 Å². The number of nitrogens with zero attached hydrogens (tertiary/aromatic N) is 3. The van der Waals surface area contributed by atoms with Crippen molar-refractivity contribution in [3.63, 3.8) is 0 Å². The van der Waals surface area contributed by atoms with E-state index in [1.807, 2.05) is 19.2 Å². The summed E-state index contributed by atoms with van der Waals surface area (Å²) >= 11 is 0. The Kier molecular flexibility index (Phi) is 3.79. The van der Waals surface area contributed by atoms with Crippen LogP contribution in [0.25, 0.3) is 11.3 Å². The second-order valence-corrected chi connectivity index (χ2v) is 4.71. The maximum atomic E-state index is 12.9. The number of aryl methyl sites for hydroxylation is 1. The van der Waals surface area contributed by atoms with Crippen molar-refractivity contribution in [2.75, 3.05) is 0 Å². The molecule has 0 unspecified atom stereocenters. The van der Waals surface area contributed by atoms with Crippen molar-refractivity contribution in [3.05, 3.63) is 60.1 Å². The van der Waals surface area contributed by atoms with E-state index in [0.29, 0.717) is 13.1 Å². The second kappa shape index (κ2) is 5.88. The molecule has 0 spiro atoms. The van der Waals surface area contributed by atoms with E-state index < -0.39 is 0 Å². The third-order valence-corrected chi connectivity index (χ3v) is 3.02. The van der Waals surface area contributed by atoms with Crippen molar-refractivity contribution in [3.8, 4) is 11.3 Å². The van der Waals surface area contributed by atoms with Crippen molar-refractivity contribution in [2.45, 2.75) is 13.1 Å². The molecule has 5 nitrogen and oxygen atoms in total. The smallest absolute Gasteiger partial charge is 0.164 e. The zero-order chi connectivity index (χ0) is 14.7. The van der Waals surface area contributed by atoms with Crippen molar-refractivity contribution in [1.82, 2.24) is 20.1 Å². The molecule has 0 radical (unpaired) electrons. The van der Waals surface area contributed by atoms with Gasteiger partial charge in [0.1, 0.15) is 23.7 Å². The van der Waals surface area contributed by atoms with Gasteiger partial charge in [-0.3, -0.25) is 4.68 Å². The van der Waals surface area contributed by atoms with Crippen LogP contribution in [0.15, 0.2) is 47.1 Å². The summed E-state index contributed by atoms with van der Waals surface area (Å²) < 4.78 is 20.3. The van der Waals surface area contributed by atoms with Crippen LogP contribution in [-0.4, -0.2) is 14.8 Å². The summed E-state index contributed by atoms with van der Waals surface area (Å²) in [4.78, 5) is 4.13. The monoisotopic (exact) mass is 286 g/mol. The van der Waals surface area contributed by atoms with Gasteiger partial charge in [-0.2, -0.15) is 5.10 Å². The van der Waals surface area contributed by atoms with Crippen LogP contribution in [0.3, 0.4) is 0 Å². The molecule has 0 bridgehead atoms. The molecule has 0 amide bonds. The van der Waals surface area contributed by atoms with E-state index in [1.54, 1.807) is 23.1 Å². The molecule has 2 heterocycles. The lowest BCUT2D eigenvalue weighted by atomic mass is 10.2. The summed E-state index contributed by atoms with van der Waals surface area (Å²) in [6.45, 7) is 1.16. The van der Waals surface area contributed by atoms with Crippen LogP contribution in [0.1, 0.15) is 11.6 Å². The zero-order valence-electron chi connectivity index (χ0n) is 11.6. The number of aromatic nitrogens is 3. The number of nitrogens with one attached hydrogen (secondary N) is 1. The first-order valence-electron chi connectivity index (χ1n) is 6.60. The van der Waals surface area contributed by atoms with Crippen molar-refractivity contribution in [1.29, 1.82) is 0 Å². The van der Waals surface area contributed by atoms with Crippen molar-refractivity contribution >= 4 is 0 Å². The standard InChI is InChI=1S/C15H15FN4O/c1-20-10-18-15(19-20)9-17-8-13-6-7-14(21-13)11-2-4-12(16)5-3-11/h2-7,10,17H,8-9H2,1H3. The molecule has 0 atom stereocenters. The fraction of sp³-hybridized carbons (Fsp3) is 0.200. The largest absolute Gasteiger partial charge is 0.460 e. The Hall–Kier alpha value is -2.47. The third-order valence-electron chi connectivity index (χ3n) is 3.02. The van der Waals surface area contributed by atoms with E-state index in [1.165, 1.54) is 12.1 Å². The van der Waals surface area contributed by atoms with Crippen LogP contribution in [0, 0.1) is 5.82 Å². The Bertz CT molecular complexity index is 717. The lowest BCUT2D eigenvalue weighted by Gasteiger charge is -2.00. The van der Waals surface area contributed by atoms with E-state index in [0.717, 1.165) is 22.9 Å². The SMILES string of the molecule is Cn1cnc(CNCc2ccc(-c3ccc(F)cc3)o2)n1. The summed E-state index contributed by atoms with van der Waals surface area (Å²) in [7, 11) is 1.83. The van der Waals surface area contributed by atoms with Gasteiger partial charge >= 0.3 is 0 Å². The summed E-state index contributed by atoms with van der Waals surface area (Å²) in [6, 6.07) is 10.0. The molecule has 6 heteroatoms. The molecule has 0 aliphatic heterocycles.